The summed E-state index contributed by atoms with van der Waals surface area (Å²) < 4.78 is 38.3. The Bertz CT molecular complexity index is 967. The van der Waals surface area contributed by atoms with E-state index in [0.717, 1.165) is 38.9 Å². The van der Waals surface area contributed by atoms with E-state index in [1.165, 1.54) is 18.0 Å². The number of amides is 2. The van der Waals surface area contributed by atoms with Crippen LogP contribution in [-0.2, 0) is 12.7 Å². The molecule has 2 amide bonds. The summed E-state index contributed by atoms with van der Waals surface area (Å²) in [6, 6.07) is 10.3. The van der Waals surface area contributed by atoms with Gasteiger partial charge in [-0.2, -0.15) is 13.2 Å². The van der Waals surface area contributed by atoms with Crippen LogP contribution >= 0.6 is 0 Å². The van der Waals surface area contributed by atoms with Crippen LogP contribution in [-0.4, -0.2) is 70.6 Å². The van der Waals surface area contributed by atoms with Gasteiger partial charge >= 0.3 is 12.2 Å². The van der Waals surface area contributed by atoms with Crippen molar-refractivity contribution in [3.63, 3.8) is 0 Å². The van der Waals surface area contributed by atoms with Crippen molar-refractivity contribution in [2.75, 3.05) is 37.6 Å². The Morgan fingerprint density at radius 3 is 2.22 bits per heavy atom. The number of aromatic nitrogens is 2. The smallest absolute Gasteiger partial charge is 0.365 e. The lowest BCUT2D eigenvalue weighted by Crippen LogP contribution is -2.61. The molecule has 0 unspecified atom stereocenters. The minimum atomic E-state index is -4.56. The fourth-order valence-electron chi connectivity index (χ4n) is 5.31. The van der Waals surface area contributed by atoms with Gasteiger partial charge in [-0.15, -0.1) is 0 Å². The number of piperidine rings is 1. The number of nitrogens with one attached hydrogen (secondary N) is 1. The number of hydrogen-bond donors (Lipinski definition) is 1. The second kappa shape index (κ2) is 11.5. The highest BCUT2D eigenvalue weighted by atomic mass is 19.4. The molecule has 7 nitrogen and oxygen atoms in total. The molecule has 196 valence electrons. The zero-order valence-corrected chi connectivity index (χ0v) is 20.9. The second-order valence-electron chi connectivity index (χ2n) is 10.00. The van der Waals surface area contributed by atoms with Crippen molar-refractivity contribution >= 4 is 11.7 Å². The van der Waals surface area contributed by atoms with Crippen molar-refractivity contribution < 1.29 is 18.0 Å². The van der Waals surface area contributed by atoms with E-state index in [1.54, 1.807) is 0 Å². The lowest BCUT2D eigenvalue weighted by molar-refractivity contribution is -0.145. The quantitative estimate of drug-likeness (QED) is 0.632. The SMILES string of the molecule is C[C@@H]1CN(c2cnc(C(F)(F)F)nc2)C[C@H](C)N1C(=O)NCCC1CCN(Cc2ccccc2)CC1. The molecule has 0 saturated carbocycles. The van der Waals surface area contributed by atoms with Gasteiger partial charge in [-0.05, 0) is 57.7 Å². The summed E-state index contributed by atoms with van der Waals surface area (Å²) in [6.45, 7) is 8.72. The fraction of sp³-hybridized carbons (Fsp3) is 0.577. The van der Waals surface area contributed by atoms with E-state index < -0.39 is 12.0 Å². The first kappa shape index (κ1) is 26.2. The molecular formula is C26H35F3N6O. The lowest BCUT2D eigenvalue weighted by Gasteiger charge is -2.45. The summed E-state index contributed by atoms with van der Waals surface area (Å²) in [7, 11) is 0. The number of rotatable bonds is 6. The summed E-state index contributed by atoms with van der Waals surface area (Å²) in [5.41, 5.74) is 1.87. The van der Waals surface area contributed by atoms with Crippen LogP contribution in [0.25, 0.3) is 0 Å². The Morgan fingerprint density at radius 2 is 1.64 bits per heavy atom. The fourth-order valence-corrected chi connectivity index (χ4v) is 5.31. The molecule has 2 fully saturated rings. The molecule has 36 heavy (non-hydrogen) atoms. The predicted molar refractivity (Wildman–Crippen MR) is 132 cm³/mol. The Balaban J connectivity index is 1.20. The first-order chi connectivity index (χ1) is 17.2. The minimum Gasteiger partial charge on any atom is -0.365 e. The molecule has 2 saturated heterocycles. The van der Waals surface area contributed by atoms with Crippen LogP contribution in [0.3, 0.4) is 0 Å². The van der Waals surface area contributed by atoms with Crippen molar-refractivity contribution in [3.05, 3.63) is 54.1 Å². The summed E-state index contributed by atoms with van der Waals surface area (Å²) in [4.78, 5) is 26.1. The Kier molecular flexibility index (Phi) is 8.33. The number of piperazine rings is 1. The third kappa shape index (κ3) is 6.66. The normalized spacial score (nSPS) is 22.0. The van der Waals surface area contributed by atoms with Gasteiger partial charge < -0.3 is 15.1 Å². The van der Waals surface area contributed by atoms with Crippen LogP contribution in [0.5, 0.6) is 0 Å². The minimum absolute atomic E-state index is 0.0835. The third-order valence-electron chi connectivity index (χ3n) is 7.20. The summed E-state index contributed by atoms with van der Waals surface area (Å²) in [6.07, 6.45) is 1.10. The number of carbonyl (C=O) groups is 1. The average Bonchev–Trinajstić information content (AvgIpc) is 2.85. The number of carbonyl (C=O) groups excluding carboxylic acids is 1. The zero-order valence-electron chi connectivity index (χ0n) is 20.9. The van der Waals surface area contributed by atoms with E-state index in [2.05, 4.69) is 44.5 Å². The molecule has 3 heterocycles. The van der Waals surface area contributed by atoms with Gasteiger partial charge in [-0.3, -0.25) is 4.90 Å². The Morgan fingerprint density at radius 1 is 1.03 bits per heavy atom. The maximum Gasteiger partial charge on any atom is 0.451 e. The lowest BCUT2D eigenvalue weighted by atomic mass is 9.93. The van der Waals surface area contributed by atoms with E-state index in [0.29, 0.717) is 31.2 Å². The van der Waals surface area contributed by atoms with Crippen molar-refractivity contribution in [1.82, 2.24) is 25.1 Å². The van der Waals surface area contributed by atoms with Gasteiger partial charge in [-0.25, -0.2) is 14.8 Å². The van der Waals surface area contributed by atoms with Crippen LogP contribution in [0, 0.1) is 5.92 Å². The van der Waals surface area contributed by atoms with E-state index in [4.69, 9.17) is 0 Å². The highest BCUT2D eigenvalue weighted by Gasteiger charge is 2.36. The van der Waals surface area contributed by atoms with Crippen LogP contribution in [0.2, 0.25) is 0 Å². The van der Waals surface area contributed by atoms with E-state index in [9.17, 15) is 18.0 Å². The zero-order chi connectivity index (χ0) is 25.7. The summed E-state index contributed by atoms with van der Waals surface area (Å²) in [5, 5.41) is 3.10. The molecule has 0 spiro atoms. The Hall–Kier alpha value is -2.88. The summed E-state index contributed by atoms with van der Waals surface area (Å²) in [5.74, 6) is -0.532. The molecule has 1 N–H and O–H groups in total. The van der Waals surface area contributed by atoms with Crippen molar-refractivity contribution in [2.24, 2.45) is 5.92 Å². The molecule has 0 aliphatic carbocycles. The maximum atomic E-state index is 13.0. The molecule has 10 heteroatoms. The third-order valence-corrected chi connectivity index (χ3v) is 7.20. The van der Waals surface area contributed by atoms with E-state index in [1.807, 2.05) is 29.7 Å². The maximum absolute atomic E-state index is 13.0. The van der Waals surface area contributed by atoms with Gasteiger partial charge in [0.05, 0.1) is 18.1 Å². The number of nitrogens with zero attached hydrogens (tertiary/aromatic N) is 5. The standard InChI is InChI=1S/C26H35F3N6O/c1-19-16-34(23-14-31-24(32-15-23)26(27,28)29)17-20(2)35(19)25(36)30-11-8-21-9-12-33(13-10-21)18-22-6-4-3-5-7-22/h3-7,14-15,19-21H,8-13,16-18H2,1-2H3,(H,30,36)/t19-,20+. The van der Waals surface area contributed by atoms with E-state index in [-0.39, 0.29) is 18.1 Å². The molecule has 2 aliphatic rings. The first-order valence-corrected chi connectivity index (χ1v) is 12.7. The number of benzene rings is 1. The number of alkyl halides is 3. The molecule has 4 rings (SSSR count). The monoisotopic (exact) mass is 504 g/mol. The first-order valence-electron chi connectivity index (χ1n) is 12.7. The molecule has 0 bridgehead atoms. The second-order valence-corrected chi connectivity index (χ2v) is 10.00. The number of anilines is 1. The molecule has 1 aromatic carbocycles. The predicted octanol–water partition coefficient (Wildman–Crippen LogP) is 4.41. The number of halogens is 3. The van der Waals surface area contributed by atoms with Gasteiger partial charge in [0.2, 0.25) is 5.82 Å². The highest BCUT2D eigenvalue weighted by molar-refractivity contribution is 5.75. The van der Waals surface area contributed by atoms with Crippen LogP contribution in [0.4, 0.5) is 23.7 Å². The highest BCUT2D eigenvalue weighted by Crippen LogP contribution is 2.28. The van der Waals surface area contributed by atoms with Gasteiger partial charge in [-0.1, -0.05) is 30.3 Å². The van der Waals surface area contributed by atoms with Gasteiger partial charge in [0, 0.05) is 38.3 Å². The topological polar surface area (TPSA) is 64.6 Å². The molecule has 2 atom stereocenters. The van der Waals surface area contributed by atoms with Crippen LogP contribution in [0.15, 0.2) is 42.7 Å². The van der Waals surface area contributed by atoms with Gasteiger partial charge in [0.1, 0.15) is 0 Å². The number of likely N-dealkylation sites (tertiary alicyclic amines) is 1. The average molecular weight is 505 g/mol. The number of hydrogen-bond acceptors (Lipinski definition) is 5. The largest absolute Gasteiger partial charge is 0.451 e. The van der Waals surface area contributed by atoms with Gasteiger partial charge in [0.25, 0.3) is 0 Å². The van der Waals surface area contributed by atoms with Crippen LogP contribution in [0.1, 0.15) is 44.5 Å². The van der Waals surface area contributed by atoms with E-state index >= 15 is 0 Å². The molecule has 1 aromatic heterocycles. The molecule has 2 aromatic rings. The van der Waals surface area contributed by atoms with Crippen molar-refractivity contribution in [3.8, 4) is 0 Å². The summed E-state index contributed by atoms with van der Waals surface area (Å²) >= 11 is 0. The Labute approximate surface area is 210 Å². The molecule has 2 aliphatic heterocycles. The van der Waals surface area contributed by atoms with Crippen molar-refractivity contribution in [2.45, 2.75) is 57.9 Å². The van der Waals surface area contributed by atoms with Crippen LogP contribution < -0.4 is 10.2 Å². The molecular weight excluding hydrogens is 469 g/mol. The van der Waals surface area contributed by atoms with Crippen molar-refractivity contribution in [1.29, 1.82) is 0 Å². The molecule has 0 radical (unpaired) electrons. The van der Waals surface area contributed by atoms with Gasteiger partial charge in [0.15, 0.2) is 0 Å². The number of urea groups is 1.